The van der Waals surface area contributed by atoms with E-state index in [-0.39, 0.29) is 11.7 Å². The summed E-state index contributed by atoms with van der Waals surface area (Å²) in [6.07, 6.45) is 1.44. The minimum atomic E-state index is -0.538. The number of fused-ring (bicyclic) bond motifs is 1. The topological polar surface area (TPSA) is 101 Å². The van der Waals surface area contributed by atoms with E-state index in [9.17, 15) is 9.90 Å². The van der Waals surface area contributed by atoms with E-state index < -0.39 is 6.04 Å². The van der Waals surface area contributed by atoms with Crippen LogP contribution in [0.1, 0.15) is 36.6 Å². The Balaban J connectivity index is 1.78. The third-order valence-corrected chi connectivity index (χ3v) is 5.27. The fraction of sp³-hybridized carbons (Fsp3) is 0.261. The summed E-state index contributed by atoms with van der Waals surface area (Å²) in [7, 11) is 0. The molecule has 0 bridgehead atoms. The van der Waals surface area contributed by atoms with Gasteiger partial charge in [-0.1, -0.05) is 23.8 Å². The fourth-order valence-electron chi connectivity index (χ4n) is 3.81. The molecule has 160 valence electrons. The van der Waals surface area contributed by atoms with Crippen LogP contribution in [0.5, 0.6) is 11.5 Å². The van der Waals surface area contributed by atoms with Gasteiger partial charge in [0.05, 0.1) is 12.2 Å². The average Bonchev–Trinajstić information content (AvgIpc) is 3.19. The normalized spacial score (nSPS) is 15.3. The maximum atomic E-state index is 13.5. The van der Waals surface area contributed by atoms with Gasteiger partial charge in [-0.25, -0.2) is 4.68 Å². The molecule has 0 spiro atoms. The van der Waals surface area contributed by atoms with Crippen molar-refractivity contribution in [1.29, 1.82) is 0 Å². The number of amides is 1. The van der Waals surface area contributed by atoms with Crippen LogP contribution in [0.2, 0.25) is 0 Å². The van der Waals surface area contributed by atoms with Gasteiger partial charge in [-0.2, -0.15) is 10.1 Å². The summed E-state index contributed by atoms with van der Waals surface area (Å²) in [4.78, 5) is 17.7. The highest BCUT2D eigenvalue weighted by atomic mass is 16.5. The van der Waals surface area contributed by atoms with Crippen LogP contribution < -0.4 is 15.4 Å². The van der Waals surface area contributed by atoms with E-state index in [0.717, 1.165) is 22.4 Å². The number of allylic oxidation sites excluding steroid dienone is 1. The number of phenolic OH excluding ortho intramolecular Hbond substituents is 1. The zero-order chi connectivity index (χ0) is 22.1. The zero-order valence-electron chi connectivity index (χ0n) is 17.9. The van der Waals surface area contributed by atoms with Gasteiger partial charge in [-0.05, 0) is 57.0 Å². The molecule has 0 aliphatic carbocycles. The molecule has 0 unspecified atom stereocenters. The molecule has 3 aromatic rings. The smallest absolute Gasteiger partial charge is 0.255 e. The fourth-order valence-corrected chi connectivity index (χ4v) is 3.81. The number of hydrogen-bond acceptors (Lipinski definition) is 6. The molecule has 1 atom stereocenters. The largest absolute Gasteiger partial charge is 0.504 e. The number of benzene rings is 2. The van der Waals surface area contributed by atoms with Crippen molar-refractivity contribution in [3.63, 3.8) is 0 Å². The summed E-state index contributed by atoms with van der Waals surface area (Å²) < 4.78 is 7.21. The number of hydrogen-bond donors (Lipinski definition) is 3. The van der Waals surface area contributed by atoms with Gasteiger partial charge >= 0.3 is 0 Å². The highest BCUT2D eigenvalue weighted by molar-refractivity contribution is 6.06. The van der Waals surface area contributed by atoms with Gasteiger partial charge in [0.1, 0.15) is 12.4 Å². The Labute approximate surface area is 180 Å². The molecule has 1 aliphatic heterocycles. The number of rotatable bonds is 5. The predicted octanol–water partition coefficient (Wildman–Crippen LogP) is 3.93. The summed E-state index contributed by atoms with van der Waals surface area (Å²) in [5, 5.41) is 20.7. The quantitative estimate of drug-likeness (QED) is 0.579. The zero-order valence-corrected chi connectivity index (χ0v) is 17.9. The van der Waals surface area contributed by atoms with Crippen LogP contribution in [-0.4, -0.2) is 32.4 Å². The van der Waals surface area contributed by atoms with Crippen molar-refractivity contribution in [1.82, 2.24) is 14.8 Å². The molecule has 1 aliphatic rings. The number of nitrogens with one attached hydrogen (secondary N) is 2. The second-order valence-corrected chi connectivity index (χ2v) is 7.53. The second kappa shape index (κ2) is 8.14. The minimum absolute atomic E-state index is 0.0420. The van der Waals surface area contributed by atoms with Crippen LogP contribution in [0.15, 0.2) is 54.0 Å². The van der Waals surface area contributed by atoms with Crippen LogP contribution in [0.4, 0.5) is 11.6 Å². The predicted molar refractivity (Wildman–Crippen MR) is 118 cm³/mol. The van der Waals surface area contributed by atoms with E-state index >= 15 is 0 Å². The number of ether oxygens (including phenoxy) is 1. The lowest BCUT2D eigenvalue weighted by atomic mass is 9.94. The number of nitrogens with zero attached hydrogens (tertiary/aromatic N) is 3. The molecule has 0 saturated heterocycles. The second-order valence-electron chi connectivity index (χ2n) is 7.53. The van der Waals surface area contributed by atoms with Crippen molar-refractivity contribution in [3.05, 3.63) is 70.7 Å². The first-order chi connectivity index (χ1) is 14.9. The van der Waals surface area contributed by atoms with Gasteiger partial charge in [0.15, 0.2) is 11.5 Å². The summed E-state index contributed by atoms with van der Waals surface area (Å²) in [5.41, 5.74) is 4.80. The van der Waals surface area contributed by atoms with Crippen molar-refractivity contribution >= 4 is 17.5 Å². The third kappa shape index (κ3) is 3.84. The number of aromatic hydroxyl groups is 1. The van der Waals surface area contributed by atoms with E-state index in [4.69, 9.17) is 4.74 Å². The lowest BCUT2D eigenvalue weighted by Crippen LogP contribution is -2.31. The summed E-state index contributed by atoms with van der Waals surface area (Å²) in [5.74, 6) is 0.693. The maximum absolute atomic E-state index is 13.5. The number of aromatic nitrogens is 3. The summed E-state index contributed by atoms with van der Waals surface area (Å²) >= 11 is 0. The molecule has 1 amide bonds. The van der Waals surface area contributed by atoms with E-state index in [1.165, 1.54) is 6.33 Å². The summed E-state index contributed by atoms with van der Waals surface area (Å²) in [6.45, 7) is 8.07. The van der Waals surface area contributed by atoms with Gasteiger partial charge in [0, 0.05) is 11.4 Å². The molecule has 1 aromatic heterocycles. The van der Waals surface area contributed by atoms with Gasteiger partial charge in [-0.3, -0.25) is 4.79 Å². The first-order valence-electron chi connectivity index (χ1n) is 10.1. The molecule has 3 N–H and O–H groups in total. The van der Waals surface area contributed by atoms with Gasteiger partial charge < -0.3 is 20.5 Å². The molecular weight excluding hydrogens is 394 g/mol. The SMILES string of the molecule is CCOc1cc([C@@H]2C(C(=O)Nc3ccc(C)cc3C)=C(C)Nc3ncnn32)ccc1O. The number of aryl methyl sites for hydroxylation is 2. The maximum Gasteiger partial charge on any atom is 0.255 e. The lowest BCUT2D eigenvalue weighted by Gasteiger charge is -2.29. The van der Waals surface area contributed by atoms with Gasteiger partial charge in [0.2, 0.25) is 5.95 Å². The molecule has 2 aromatic carbocycles. The standard InChI is InChI=1S/C23H25N5O3/c1-5-31-19-11-16(7-9-18(19)29)21-20(15(4)26-23-24-12-25-28(21)23)22(30)27-17-8-6-13(2)10-14(17)3/h6-12,21,29H,5H2,1-4H3,(H,27,30)(H,24,25,26)/t21-/m1/s1. The minimum Gasteiger partial charge on any atom is -0.504 e. The lowest BCUT2D eigenvalue weighted by molar-refractivity contribution is -0.113. The van der Waals surface area contributed by atoms with Gasteiger partial charge in [0.25, 0.3) is 5.91 Å². The Morgan fingerprint density at radius 2 is 2.03 bits per heavy atom. The first kappa shape index (κ1) is 20.5. The molecule has 0 fully saturated rings. The Morgan fingerprint density at radius 3 is 2.77 bits per heavy atom. The Bertz CT molecular complexity index is 1180. The molecular formula is C23H25N5O3. The summed E-state index contributed by atoms with van der Waals surface area (Å²) in [6, 6.07) is 10.4. The molecule has 4 rings (SSSR count). The molecule has 8 heteroatoms. The monoisotopic (exact) mass is 419 g/mol. The third-order valence-electron chi connectivity index (χ3n) is 5.27. The first-order valence-corrected chi connectivity index (χ1v) is 10.1. The van der Waals surface area contributed by atoms with E-state index in [1.807, 2.05) is 45.9 Å². The van der Waals surface area contributed by atoms with Crippen molar-refractivity contribution in [2.45, 2.75) is 33.7 Å². The molecule has 0 radical (unpaired) electrons. The molecule has 8 nitrogen and oxygen atoms in total. The van der Waals surface area contributed by atoms with Crippen molar-refractivity contribution in [2.75, 3.05) is 17.2 Å². The number of anilines is 2. The van der Waals surface area contributed by atoms with Crippen LogP contribution in [0.3, 0.4) is 0 Å². The molecule has 2 heterocycles. The van der Waals surface area contributed by atoms with Crippen molar-refractivity contribution in [2.24, 2.45) is 0 Å². The van der Waals surface area contributed by atoms with Crippen LogP contribution in [-0.2, 0) is 4.79 Å². The van der Waals surface area contributed by atoms with Crippen molar-refractivity contribution in [3.8, 4) is 11.5 Å². The Hall–Kier alpha value is -3.81. The Morgan fingerprint density at radius 1 is 1.23 bits per heavy atom. The Kier molecular flexibility index (Phi) is 5.37. The molecule has 31 heavy (non-hydrogen) atoms. The number of carbonyl (C=O) groups is 1. The molecule has 0 saturated carbocycles. The van der Waals surface area contributed by atoms with Crippen LogP contribution in [0.25, 0.3) is 0 Å². The highest BCUT2D eigenvalue weighted by Gasteiger charge is 2.34. The van der Waals surface area contributed by atoms with Crippen LogP contribution >= 0.6 is 0 Å². The average molecular weight is 419 g/mol. The van der Waals surface area contributed by atoms with E-state index in [2.05, 4.69) is 20.7 Å². The van der Waals surface area contributed by atoms with E-state index in [1.54, 1.807) is 22.9 Å². The van der Waals surface area contributed by atoms with E-state index in [0.29, 0.717) is 29.6 Å². The van der Waals surface area contributed by atoms with Gasteiger partial charge in [-0.15, -0.1) is 0 Å². The number of phenols is 1. The number of carbonyl (C=O) groups excluding carboxylic acids is 1. The van der Waals surface area contributed by atoms with Crippen LogP contribution in [0, 0.1) is 13.8 Å². The van der Waals surface area contributed by atoms with Crippen molar-refractivity contribution < 1.29 is 14.6 Å². The highest BCUT2D eigenvalue weighted by Crippen LogP contribution is 2.38.